The number of para-hydroxylation sites is 1. The average Bonchev–Trinajstić information content (AvgIpc) is 3.20. The number of ether oxygens (including phenoxy) is 1. The number of carbonyl (C=O) groups is 2. The number of thioether (sulfide) groups is 1. The summed E-state index contributed by atoms with van der Waals surface area (Å²) in [6.45, 7) is 4.51. The molecule has 1 heterocycles. The van der Waals surface area contributed by atoms with Gasteiger partial charge in [0.1, 0.15) is 5.75 Å². The number of carbonyl (C=O) groups excluding carboxylic acids is 2. The predicted molar refractivity (Wildman–Crippen MR) is 125 cm³/mol. The number of hydrogen-bond acceptors (Lipinski definition) is 6. The van der Waals surface area contributed by atoms with Crippen molar-refractivity contribution in [3.8, 4) is 5.75 Å². The number of nitrogens with zero attached hydrogens (tertiary/aromatic N) is 3. The van der Waals surface area contributed by atoms with Crippen molar-refractivity contribution in [3.63, 3.8) is 0 Å². The van der Waals surface area contributed by atoms with Gasteiger partial charge in [0.2, 0.25) is 5.91 Å². The van der Waals surface area contributed by atoms with Crippen LogP contribution in [0.25, 0.3) is 0 Å². The highest BCUT2D eigenvalue weighted by atomic mass is 32.2. The van der Waals surface area contributed by atoms with Crippen LogP contribution in [0.4, 0.5) is 5.69 Å². The molecule has 32 heavy (non-hydrogen) atoms. The normalized spacial score (nSPS) is 10.4. The van der Waals surface area contributed by atoms with Crippen LogP contribution in [0.5, 0.6) is 5.75 Å². The smallest absolute Gasteiger partial charge is 0.251 e. The first kappa shape index (κ1) is 23.1. The van der Waals surface area contributed by atoms with E-state index in [1.165, 1.54) is 11.8 Å². The summed E-state index contributed by atoms with van der Waals surface area (Å²) < 4.78 is 6.99. The molecule has 0 aliphatic heterocycles. The molecule has 0 aliphatic rings. The Hall–Kier alpha value is -3.59. The molecule has 0 radical (unpaired) electrons. The van der Waals surface area contributed by atoms with Gasteiger partial charge >= 0.3 is 0 Å². The van der Waals surface area contributed by atoms with E-state index in [-0.39, 0.29) is 18.4 Å². The first-order valence-corrected chi connectivity index (χ1v) is 11.0. The lowest BCUT2D eigenvalue weighted by molar-refractivity contribution is -0.115. The second-order valence-corrected chi connectivity index (χ2v) is 7.78. The van der Waals surface area contributed by atoms with E-state index < -0.39 is 0 Å². The Labute approximate surface area is 191 Å². The van der Waals surface area contributed by atoms with Crippen LogP contribution in [0.1, 0.15) is 22.6 Å². The van der Waals surface area contributed by atoms with Crippen LogP contribution in [-0.4, -0.2) is 39.4 Å². The fraction of sp³-hybridized carbons (Fsp3) is 0.217. The topological polar surface area (TPSA) is 98.1 Å². The predicted octanol–water partition coefficient (Wildman–Crippen LogP) is 3.52. The van der Waals surface area contributed by atoms with Crippen molar-refractivity contribution in [1.29, 1.82) is 0 Å². The van der Waals surface area contributed by atoms with Crippen LogP contribution in [0, 0.1) is 0 Å². The molecule has 0 atom stereocenters. The van der Waals surface area contributed by atoms with Crippen LogP contribution < -0.4 is 15.4 Å². The standard InChI is InChI=1S/C23H25N5O3S/c1-3-14-28-20(16-24-22(30)17-9-11-19(31-2)12-10-17)26-27-23(28)32-15-13-21(29)25-18-7-5-4-6-8-18/h3-12H,1,13-16H2,2H3,(H,24,30)(H,25,29). The minimum atomic E-state index is -0.215. The molecule has 0 unspecified atom stereocenters. The van der Waals surface area contributed by atoms with E-state index in [0.29, 0.717) is 41.0 Å². The lowest BCUT2D eigenvalue weighted by Gasteiger charge is -2.09. The second kappa shape index (κ2) is 11.7. The van der Waals surface area contributed by atoms with Crippen molar-refractivity contribution in [3.05, 3.63) is 78.6 Å². The van der Waals surface area contributed by atoms with Gasteiger partial charge in [0, 0.05) is 30.0 Å². The first-order chi connectivity index (χ1) is 15.6. The largest absolute Gasteiger partial charge is 0.497 e. The van der Waals surface area contributed by atoms with Gasteiger partial charge < -0.3 is 19.9 Å². The van der Waals surface area contributed by atoms with Crippen LogP contribution in [0.15, 0.2) is 72.4 Å². The summed E-state index contributed by atoms with van der Waals surface area (Å²) in [6.07, 6.45) is 2.08. The average molecular weight is 452 g/mol. The number of benzene rings is 2. The van der Waals surface area contributed by atoms with Crippen LogP contribution in [0.2, 0.25) is 0 Å². The molecular formula is C23H25N5O3S. The summed E-state index contributed by atoms with van der Waals surface area (Å²) >= 11 is 1.44. The maximum absolute atomic E-state index is 12.4. The molecule has 0 saturated heterocycles. The Balaban J connectivity index is 1.54. The first-order valence-electron chi connectivity index (χ1n) is 10.0. The highest BCUT2D eigenvalue weighted by molar-refractivity contribution is 7.99. The number of hydrogen-bond donors (Lipinski definition) is 2. The van der Waals surface area contributed by atoms with Gasteiger partial charge in [-0.15, -0.1) is 16.8 Å². The second-order valence-electron chi connectivity index (χ2n) is 6.72. The summed E-state index contributed by atoms with van der Waals surface area (Å²) in [7, 11) is 1.58. The molecule has 2 N–H and O–H groups in total. The Kier molecular flexibility index (Phi) is 8.44. The number of nitrogens with one attached hydrogen (secondary N) is 2. The van der Waals surface area contributed by atoms with Crippen molar-refractivity contribution in [1.82, 2.24) is 20.1 Å². The van der Waals surface area contributed by atoms with Crippen molar-refractivity contribution >= 4 is 29.3 Å². The molecule has 166 valence electrons. The zero-order valence-electron chi connectivity index (χ0n) is 17.8. The summed E-state index contributed by atoms with van der Waals surface area (Å²) in [5.74, 6) is 1.57. The Morgan fingerprint density at radius 1 is 1.12 bits per heavy atom. The number of methoxy groups -OCH3 is 1. The van der Waals surface area contributed by atoms with Gasteiger partial charge in [0.05, 0.1) is 13.7 Å². The van der Waals surface area contributed by atoms with Crippen molar-refractivity contribution < 1.29 is 14.3 Å². The van der Waals surface area contributed by atoms with Gasteiger partial charge in [-0.1, -0.05) is 36.0 Å². The minimum absolute atomic E-state index is 0.0644. The number of amides is 2. The third-order valence-corrected chi connectivity index (χ3v) is 5.45. The maximum atomic E-state index is 12.4. The Morgan fingerprint density at radius 3 is 2.56 bits per heavy atom. The van der Waals surface area contributed by atoms with E-state index >= 15 is 0 Å². The van der Waals surface area contributed by atoms with Crippen LogP contribution in [-0.2, 0) is 17.9 Å². The molecule has 2 aromatic carbocycles. The number of rotatable bonds is 11. The lowest BCUT2D eigenvalue weighted by Crippen LogP contribution is -2.24. The Bertz CT molecular complexity index is 1050. The molecular weight excluding hydrogens is 426 g/mol. The van der Waals surface area contributed by atoms with Gasteiger partial charge in [-0.3, -0.25) is 9.59 Å². The van der Waals surface area contributed by atoms with E-state index in [1.807, 2.05) is 34.9 Å². The van der Waals surface area contributed by atoms with Crippen molar-refractivity contribution in [2.75, 3.05) is 18.2 Å². The maximum Gasteiger partial charge on any atom is 0.251 e. The SMILES string of the molecule is C=CCn1c(CNC(=O)c2ccc(OC)cc2)nnc1SCCC(=O)Nc1ccccc1. The lowest BCUT2D eigenvalue weighted by atomic mass is 10.2. The van der Waals surface area contributed by atoms with Gasteiger partial charge in [-0.05, 0) is 36.4 Å². The summed E-state index contributed by atoms with van der Waals surface area (Å²) in [5.41, 5.74) is 1.30. The molecule has 3 aromatic rings. The quantitative estimate of drug-likeness (QED) is 0.342. The molecule has 0 saturated carbocycles. The minimum Gasteiger partial charge on any atom is -0.497 e. The fourth-order valence-corrected chi connectivity index (χ4v) is 3.76. The van der Waals surface area contributed by atoms with Crippen molar-refractivity contribution in [2.24, 2.45) is 0 Å². The number of aromatic nitrogens is 3. The molecule has 0 aliphatic carbocycles. The van der Waals surface area contributed by atoms with Gasteiger partial charge in [0.25, 0.3) is 5.91 Å². The number of anilines is 1. The van der Waals surface area contributed by atoms with E-state index in [9.17, 15) is 9.59 Å². The monoisotopic (exact) mass is 451 g/mol. The summed E-state index contributed by atoms with van der Waals surface area (Å²) in [5, 5.41) is 14.8. The number of allylic oxidation sites excluding steroid dienone is 1. The molecule has 8 nitrogen and oxygen atoms in total. The van der Waals surface area contributed by atoms with Gasteiger partial charge in [-0.25, -0.2) is 0 Å². The molecule has 3 rings (SSSR count). The zero-order valence-corrected chi connectivity index (χ0v) is 18.6. The van der Waals surface area contributed by atoms with Crippen LogP contribution in [0.3, 0.4) is 0 Å². The molecule has 9 heteroatoms. The van der Waals surface area contributed by atoms with E-state index in [2.05, 4.69) is 27.4 Å². The molecule has 0 spiro atoms. The van der Waals surface area contributed by atoms with Gasteiger partial charge in [0.15, 0.2) is 11.0 Å². The fourth-order valence-electron chi connectivity index (χ4n) is 2.85. The zero-order chi connectivity index (χ0) is 22.8. The highest BCUT2D eigenvalue weighted by Gasteiger charge is 2.14. The van der Waals surface area contributed by atoms with Gasteiger partial charge in [-0.2, -0.15) is 0 Å². The molecule has 2 amide bonds. The van der Waals surface area contributed by atoms with Crippen molar-refractivity contribution in [2.45, 2.75) is 24.7 Å². The van der Waals surface area contributed by atoms with E-state index in [1.54, 1.807) is 37.5 Å². The Morgan fingerprint density at radius 2 is 1.88 bits per heavy atom. The van der Waals surface area contributed by atoms with E-state index in [4.69, 9.17) is 4.74 Å². The summed E-state index contributed by atoms with van der Waals surface area (Å²) in [4.78, 5) is 24.5. The molecule has 0 bridgehead atoms. The molecule has 1 aromatic heterocycles. The third-order valence-electron chi connectivity index (χ3n) is 4.48. The summed E-state index contributed by atoms with van der Waals surface area (Å²) in [6, 6.07) is 16.2. The van der Waals surface area contributed by atoms with Crippen LogP contribution >= 0.6 is 11.8 Å². The molecule has 0 fully saturated rings. The van der Waals surface area contributed by atoms with E-state index in [0.717, 1.165) is 5.69 Å². The highest BCUT2D eigenvalue weighted by Crippen LogP contribution is 2.19. The third kappa shape index (κ3) is 6.45.